The molecule has 158 valence electrons. The van der Waals surface area contributed by atoms with Crippen LogP contribution < -0.4 is 15.6 Å². The molecular weight excluding hydrogens is 422 g/mol. The van der Waals surface area contributed by atoms with Gasteiger partial charge >= 0.3 is 0 Å². The molecule has 2 aromatic heterocycles. The highest BCUT2D eigenvalue weighted by molar-refractivity contribution is 7.98. The Morgan fingerprint density at radius 3 is 2.70 bits per heavy atom. The smallest absolute Gasteiger partial charge is 0.240 e. The number of benzene rings is 1. The van der Waals surface area contributed by atoms with Crippen LogP contribution in [-0.2, 0) is 20.6 Å². The number of aromatic nitrogens is 2. The Labute approximate surface area is 179 Å². The summed E-state index contributed by atoms with van der Waals surface area (Å²) in [5.41, 5.74) is 7.96. The molecule has 1 amide bonds. The summed E-state index contributed by atoms with van der Waals surface area (Å²) in [6.07, 6.45) is 6.10. The van der Waals surface area contributed by atoms with Crippen molar-refractivity contribution >= 4 is 39.0 Å². The van der Waals surface area contributed by atoms with Gasteiger partial charge in [0.15, 0.2) is 0 Å². The number of carbonyl (C=O) groups is 1. The zero-order chi connectivity index (χ0) is 21.0. The zero-order valence-corrected chi connectivity index (χ0v) is 17.9. The highest BCUT2D eigenvalue weighted by Gasteiger charge is 2.27. The number of amides is 1. The molecule has 0 atom stereocenters. The van der Waals surface area contributed by atoms with Gasteiger partial charge in [0.1, 0.15) is 5.65 Å². The van der Waals surface area contributed by atoms with Crippen molar-refractivity contribution in [1.82, 2.24) is 19.5 Å². The fourth-order valence-electron chi connectivity index (χ4n) is 2.81. The molecule has 10 heteroatoms. The minimum absolute atomic E-state index is 0.0673. The third kappa shape index (κ3) is 5.53. The van der Waals surface area contributed by atoms with Gasteiger partial charge < -0.3 is 4.40 Å². The highest BCUT2D eigenvalue weighted by Crippen LogP contribution is 2.22. The molecule has 4 rings (SSSR count). The normalized spacial score (nSPS) is 14.0. The van der Waals surface area contributed by atoms with Crippen LogP contribution in [0.2, 0.25) is 0 Å². The Bertz CT molecular complexity index is 1090. The van der Waals surface area contributed by atoms with Crippen molar-refractivity contribution in [1.29, 1.82) is 0 Å². The van der Waals surface area contributed by atoms with E-state index >= 15 is 0 Å². The number of hydrazine groups is 1. The summed E-state index contributed by atoms with van der Waals surface area (Å²) in [5.74, 6) is 1.28. The molecule has 0 unspecified atom stereocenters. The zero-order valence-electron chi connectivity index (χ0n) is 16.2. The number of rotatable bonds is 10. The van der Waals surface area contributed by atoms with E-state index in [0.717, 1.165) is 29.9 Å². The van der Waals surface area contributed by atoms with Crippen LogP contribution in [0.1, 0.15) is 25.0 Å². The van der Waals surface area contributed by atoms with Crippen molar-refractivity contribution in [3.63, 3.8) is 0 Å². The molecule has 0 bridgehead atoms. The summed E-state index contributed by atoms with van der Waals surface area (Å²) in [4.78, 5) is 16.8. The van der Waals surface area contributed by atoms with Gasteiger partial charge in [-0.2, -0.15) is 11.8 Å². The van der Waals surface area contributed by atoms with Gasteiger partial charge in [-0.05, 0) is 49.2 Å². The van der Waals surface area contributed by atoms with E-state index in [1.807, 2.05) is 35.0 Å². The van der Waals surface area contributed by atoms with E-state index in [1.165, 1.54) is 12.1 Å². The van der Waals surface area contributed by atoms with Gasteiger partial charge in [0.2, 0.25) is 15.9 Å². The number of hydrogen-bond acceptors (Lipinski definition) is 6. The van der Waals surface area contributed by atoms with Crippen LogP contribution in [0.5, 0.6) is 0 Å². The number of imidazole rings is 1. The Morgan fingerprint density at radius 2 is 1.97 bits per heavy atom. The van der Waals surface area contributed by atoms with E-state index in [-0.39, 0.29) is 16.8 Å². The Hall–Kier alpha value is -2.56. The van der Waals surface area contributed by atoms with Crippen molar-refractivity contribution < 1.29 is 13.2 Å². The minimum Gasteiger partial charge on any atom is -0.307 e. The lowest BCUT2D eigenvalue weighted by Gasteiger charge is -2.10. The molecule has 0 radical (unpaired) electrons. The van der Waals surface area contributed by atoms with E-state index in [0.29, 0.717) is 17.9 Å². The third-order valence-corrected chi connectivity index (χ3v) is 7.08. The molecule has 2 heterocycles. The van der Waals surface area contributed by atoms with Crippen LogP contribution in [0, 0.1) is 0 Å². The van der Waals surface area contributed by atoms with Gasteiger partial charge in [0.05, 0.1) is 16.3 Å². The summed E-state index contributed by atoms with van der Waals surface area (Å²) in [5, 5.41) is 0. The van der Waals surface area contributed by atoms with Crippen LogP contribution in [0.4, 0.5) is 5.69 Å². The largest absolute Gasteiger partial charge is 0.307 e. The second kappa shape index (κ2) is 9.07. The molecule has 0 spiro atoms. The number of hydrogen-bond donors (Lipinski definition) is 3. The quantitative estimate of drug-likeness (QED) is 0.327. The predicted molar refractivity (Wildman–Crippen MR) is 118 cm³/mol. The van der Waals surface area contributed by atoms with Crippen LogP contribution >= 0.6 is 11.8 Å². The van der Waals surface area contributed by atoms with Crippen LogP contribution in [0.3, 0.4) is 0 Å². The van der Waals surface area contributed by atoms with E-state index in [1.54, 1.807) is 23.9 Å². The Morgan fingerprint density at radius 1 is 1.17 bits per heavy atom. The summed E-state index contributed by atoms with van der Waals surface area (Å²) in [6.45, 7) is 0. The van der Waals surface area contributed by atoms with Crippen LogP contribution in [-0.4, -0.2) is 35.5 Å². The molecule has 1 saturated carbocycles. The molecule has 1 aliphatic carbocycles. The summed E-state index contributed by atoms with van der Waals surface area (Å²) in [6, 6.07) is 12.2. The van der Waals surface area contributed by atoms with Crippen LogP contribution in [0.25, 0.3) is 5.65 Å². The van der Waals surface area contributed by atoms with E-state index in [4.69, 9.17) is 0 Å². The number of thioether (sulfide) groups is 1. The third-order valence-electron chi connectivity index (χ3n) is 4.55. The van der Waals surface area contributed by atoms with Gasteiger partial charge in [0, 0.05) is 36.4 Å². The van der Waals surface area contributed by atoms with Crippen molar-refractivity contribution in [2.45, 2.75) is 36.0 Å². The van der Waals surface area contributed by atoms with E-state index in [2.05, 4.69) is 20.6 Å². The van der Waals surface area contributed by atoms with Crippen molar-refractivity contribution in [3.05, 3.63) is 60.6 Å². The molecular formula is C20H23N5O3S2. The van der Waals surface area contributed by atoms with Crippen LogP contribution in [0.15, 0.2) is 59.8 Å². The molecule has 1 aliphatic rings. The number of sulfonamides is 1. The number of pyridine rings is 1. The lowest BCUT2D eigenvalue weighted by Crippen LogP contribution is -2.29. The highest BCUT2D eigenvalue weighted by atomic mass is 32.2. The summed E-state index contributed by atoms with van der Waals surface area (Å²) < 4.78 is 28.9. The van der Waals surface area contributed by atoms with Gasteiger partial charge in [-0.3, -0.25) is 15.6 Å². The molecule has 1 aromatic carbocycles. The van der Waals surface area contributed by atoms with Crippen molar-refractivity contribution in [3.8, 4) is 0 Å². The average molecular weight is 446 g/mol. The first-order valence-electron chi connectivity index (χ1n) is 9.67. The van der Waals surface area contributed by atoms with Gasteiger partial charge in [-0.1, -0.05) is 6.07 Å². The topological polar surface area (TPSA) is 105 Å². The predicted octanol–water partition coefficient (Wildman–Crippen LogP) is 2.54. The molecule has 30 heavy (non-hydrogen) atoms. The minimum atomic E-state index is -3.47. The van der Waals surface area contributed by atoms with E-state index < -0.39 is 10.0 Å². The lowest BCUT2D eigenvalue weighted by atomic mass is 10.3. The maximum atomic E-state index is 12.2. The Balaban J connectivity index is 1.17. The first-order chi connectivity index (χ1) is 14.5. The summed E-state index contributed by atoms with van der Waals surface area (Å²) >= 11 is 1.65. The van der Waals surface area contributed by atoms with Gasteiger partial charge in [-0.25, -0.2) is 18.1 Å². The van der Waals surface area contributed by atoms with Gasteiger partial charge in [-0.15, -0.1) is 0 Å². The fourth-order valence-corrected chi connectivity index (χ4v) is 4.94. The molecule has 8 nitrogen and oxygen atoms in total. The fraction of sp³-hybridized carbons (Fsp3) is 0.300. The molecule has 0 saturated heterocycles. The van der Waals surface area contributed by atoms with Crippen molar-refractivity contribution in [2.75, 3.05) is 11.2 Å². The maximum absolute atomic E-state index is 12.2. The standard InChI is InChI=1S/C20H23N5O3S2/c26-20(10-12-29-14-17-13-25-11-2-1-3-19(25)21-17)23-22-15-6-8-18(9-7-15)30(27,28)24-16-4-5-16/h1-3,6-9,11,13,16,22,24H,4-5,10,12,14H2,(H,23,26). The van der Waals surface area contributed by atoms with E-state index in [9.17, 15) is 13.2 Å². The average Bonchev–Trinajstić information content (AvgIpc) is 3.44. The monoisotopic (exact) mass is 445 g/mol. The number of nitrogens with one attached hydrogen (secondary N) is 3. The van der Waals surface area contributed by atoms with Crippen molar-refractivity contribution in [2.24, 2.45) is 0 Å². The SMILES string of the molecule is O=C(CCSCc1cn2ccccc2n1)NNc1ccc(S(=O)(=O)NC2CC2)cc1. The van der Waals surface area contributed by atoms with Gasteiger partial charge in [0.25, 0.3) is 0 Å². The first kappa shape index (κ1) is 20.7. The number of anilines is 1. The molecule has 1 fully saturated rings. The lowest BCUT2D eigenvalue weighted by molar-refractivity contribution is -0.120. The number of fused-ring (bicyclic) bond motifs is 1. The molecule has 0 aliphatic heterocycles. The summed E-state index contributed by atoms with van der Waals surface area (Å²) in [7, 11) is -3.47. The first-order valence-corrected chi connectivity index (χ1v) is 12.3. The number of carbonyl (C=O) groups excluding carboxylic acids is 1. The maximum Gasteiger partial charge on any atom is 0.240 e. The second-order valence-corrected chi connectivity index (χ2v) is 9.91. The molecule has 3 aromatic rings. The molecule has 3 N–H and O–H groups in total. The Kier molecular flexibility index (Phi) is 6.26. The second-order valence-electron chi connectivity index (χ2n) is 7.09. The number of nitrogens with zero attached hydrogens (tertiary/aromatic N) is 2.